The molecule has 0 spiro atoms. The summed E-state index contributed by atoms with van der Waals surface area (Å²) in [5, 5.41) is 3.55. The van der Waals surface area contributed by atoms with Crippen LogP contribution in [0.3, 0.4) is 0 Å². The number of hydrogen-bond acceptors (Lipinski definition) is 1. The molecule has 1 nitrogen and oxygen atoms in total. The molecule has 0 radical (unpaired) electrons. The third-order valence-corrected chi connectivity index (χ3v) is 3.00. The summed E-state index contributed by atoms with van der Waals surface area (Å²) in [7, 11) is 0. The first-order valence-electron chi connectivity index (χ1n) is 6.67. The highest BCUT2D eigenvalue weighted by molar-refractivity contribution is 5.21. The Hall–Kier alpha value is -0.820. The number of rotatable bonds is 5. The van der Waals surface area contributed by atoms with Crippen molar-refractivity contribution in [2.75, 3.05) is 6.54 Å². The maximum atomic E-state index is 3.55. The van der Waals surface area contributed by atoms with Gasteiger partial charge in [0.25, 0.3) is 0 Å². The highest BCUT2D eigenvalue weighted by atomic mass is 14.9. The van der Waals surface area contributed by atoms with Gasteiger partial charge >= 0.3 is 0 Å². The van der Waals surface area contributed by atoms with Gasteiger partial charge in [-0.15, -0.1) is 0 Å². The van der Waals surface area contributed by atoms with E-state index in [1.165, 1.54) is 24.0 Å². The van der Waals surface area contributed by atoms with Crippen molar-refractivity contribution in [3.8, 4) is 0 Å². The van der Waals surface area contributed by atoms with Crippen LogP contribution in [-0.4, -0.2) is 12.1 Å². The molecule has 0 aliphatic carbocycles. The lowest BCUT2D eigenvalue weighted by molar-refractivity contribution is 0.394. The van der Waals surface area contributed by atoms with Crippen LogP contribution in [0.4, 0.5) is 0 Å². The molecule has 17 heavy (non-hydrogen) atoms. The first-order chi connectivity index (χ1) is 7.87. The van der Waals surface area contributed by atoms with Crippen LogP contribution in [0.2, 0.25) is 0 Å². The summed E-state index contributed by atoms with van der Waals surface area (Å²) in [5.41, 5.74) is 3.04. The van der Waals surface area contributed by atoms with E-state index in [2.05, 4.69) is 64.2 Å². The average molecular weight is 233 g/mol. The van der Waals surface area contributed by atoms with Gasteiger partial charge in [0.2, 0.25) is 0 Å². The largest absolute Gasteiger partial charge is 0.312 e. The van der Waals surface area contributed by atoms with Crippen molar-refractivity contribution in [1.82, 2.24) is 5.32 Å². The molecule has 0 amide bonds. The van der Waals surface area contributed by atoms with Gasteiger partial charge in [-0.3, -0.25) is 0 Å². The van der Waals surface area contributed by atoms with Crippen LogP contribution >= 0.6 is 0 Å². The summed E-state index contributed by atoms with van der Waals surface area (Å²) < 4.78 is 0. The molecule has 0 saturated carbocycles. The van der Waals surface area contributed by atoms with E-state index in [0.717, 1.165) is 12.5 Å². The highest BCUT2D eigenvalue weighted by Crippen LogP contribution is 2.12. The third kappa shape index (κ3) is 6.48. The molecule has 0 fully saturated rings. The van der Waals surface area contributed by atoms with Crippen molar-refractivity contribution in [2.45, 2.75) is 53.0 Å². The zero-order valence-electron chi connectivity index (χ0n) is 12.0. The maximum Gasteiger partial charge on any atom is 0.00965 e. The molecular weight excluding hydrogens is 206 g/mol. The highest BCUT2D eigenvalue weighted by Gasteiger charge is 2.09. The first kappa shape index (κ1) is 14.2. The standard InChI is InChI=1S/C16H27N/c1-13-6-8-15(9-7-13)12-14(2)10-11-17-16(3,4)5/h6-9,14,17H,10-12H2,1-5H3. The molecular formula is C16H27N. The second-order valence-electron chi connectivity index (χ2n) is 6.26. The van der Waals surface area contributed by atoms with E-state index in [4.69, 9.17) is 0 Å². The second kappa shape index (κ2) is 6.20. The van der Waals surface area contributed by atoms with Crippen molar-refractivity contribution in [1.29, 1.82) is 0 Å². The number of benzene rings is 1. The Morgan fingerprint density at radius 3 is 2.24 bits per heavy atom. The predicted molar refractivity (Wildman–Crippen MR) is 76.4 cm³/mol. The minimum Gasteiger partial charge on any atom is -0.312 e. The van der Waals surface area contributed by atoms with Crippen molar-refractivity contribution in [2.24, 2.45) is 5.92 Å². The van der Waals surface area contributed by atoms with Crippen molar-refractivity contribution >= 4 is 0 Å². The van der Waals surface area contributed by atoms with Gasteiger partial charge in [-0.25, -0.2) is 0 Å². The normalized spacial score (nSPS) is 13.7. The summed E-state index contributed by atoms with van der Waals surface area (Å²) in [5.74, 6) is 0.743. The summed E-state index contributed by atoms with van der Waals surface area (Å²) in [6, 6.07) is 8.91. The van der Waals surface area contributed by atoms with Crippen LogP contribution in [-0.2, 0) is 6.42 Å². The molecule has 1 atom stereocenters. The van der Waals surface area contributed by atoms with Crippen LogP contribution in [0.5, 0.6) is 0 Å². The van der Waals surface area contributed by atoms with Gasteiger partial charge < -0.3 is 5.32 Å². The smallest absolute Gasteiger partial charge is 0.00965 e. The molecule has 0 aliphatic heterocycles. The third-order valence-electron chi connectivity index (χ3n) is 3.00. The molecule has 1 aromatic carbocycles. The van der Waals surface area contributed by atoms with E-state index < -0.39 is 0 Å². The van der Waals surface area contributed by atoms with Gasteiger partial charge in [-0.05, 0) is 58.6 Å². The Balaban J connectivity index is 2.30. The number of nitrogens with one attached hydrogen (secondary N) is 1. The van der Waals surface area contributed by atoms with E-state index in [9.17, 15) is 0 Å². The monoisotopic (exact) mass is 233 g/mol. The second-order valence-corrected chi connectivity index (χ2v) is 6.26. The molecule has 1 rings (SSSR count). The topological polar surface area (TPSA) is 12.0 Å². The van der Waals surface area contributed by atoms with Crippen LogP contribution in [0.25, 0.3) is 0 Å². The first-order valence-corrected chi connectivity index (χ1v) is 6.67. The lowest BCUT2D eigenvalue weighted by Gasteiger charge is -2.22. The van der Waals surface area contributed by atoms with E-state index in [1.807, 2.05) is 0 Å². The fourth-order valence-electron chi connectivity index (χ4n) is 1.92. The van der Waals surface area contributed by atoms with Crippen molar-refractivity contribution in [3.05, 3.63) is 35.4 Å². The van der Waals surface area contributed by atoms with Gasteiger partial charge in [0.15, 0.2) is 0 Å². The zero-order chi connectivity index (χ0) is 12.9. The fraction of sp³-hybridized carbons (Fsp3) is 0.625. The van der Waals surface area contributed by atoms with Gasteiger partial charge in [0, 0.05) is 5.54 Å². The van der Waals surface area contributed by atoms with Gasteiger partial charge in [0.05, 0.1) is 0 Å². The molecule has 1 heteroatoms. The Morgan fingerprint density at radius 2 is 1.71 bits per heavy atom. The maximum absolute atomic E-state index is 3.55. The number of hydrogen-bond donors (Lipinski definition) is 1. The van der Waals surface area contributed by atoms with E-state index >= 15 is 0 Å². The van der Waals surface area contributed by atoms with Crippen LogP contribution < -0.4 is 5.32 Å². The summed E-state index contributed by atoms with van der Waals surface area (Å²) in [6.07, 6.45) is 2.43. The summed E-state index contributed by atoms with van der Waals surface area (Å²) >= 11 is 0. The Kier molecular flexibility index (Phi) is 5.20. The lowest BCUT2D eigenvalue weighted by Crippen LogP contribution is -2.37. The SMILES string of the molecule is Cc1ccc(CC(C)CCNC(C)(C)C)cc1. The number of aryl methyl sites for hydroxylation is 1. The van der Waals surface area contributed by atoms with Crippen molar-refractivity contribution in [3.63, 3.8) is 0 Å². The molecule has 0 heterocycles. The quantitative estimate of drug-likeness (QED) is 0.812. The zero-order valence-corrected chi connectivity index (χ0v) is 12.0. The van der Waals surface area contributed by atoms with Crippen LogP contribution in [0.15, 0.2) is 24.3 Å². The van der Waals surface area contributed by atoms with Crippen LogP contribution in [0, 0.1) is 12.8 Å². The predicted octanol–water partition coefficient (Wildman–Crippen LogP) is 3.95. The molecule has 96 valence electrons. The van der Waals surface area contributed by atoms with Crippen molar-refractivity contribution < 1.29 is 0 Å². The molecule has 0 saturated heterocycles. The molecule has 0 aliphatic rings. The molecule has 1 N–H and O–H groups in total. The van der Waals surface area contributed by atoms with Gasteiger partial charge in [0.1, 0.15) is 0 Å². The Bertz CT molecular complexity index is 318. The van der Waals surface area contributed by atoms with Gasteiger partial charge in [-0.1, -0.05) is 36.8 Å². The average Bonchev–Trinajstić information content (AvgIpc) is 2.19. The summed E-state index contributed by atoms with van der Waals surface area (Å²) in [4.78, 5) is 0. The molecule has 0 bridgehead atoms. The molecule has 1 unspecified atom stereocenters. The van der Waals surface area contributed by atoms with Gasteiger partial charge in [-0.2, -0.15) is 0 Å². The van der Waals surface area contributed by atoms with Crippen LogP contribution in [0.1, 0.15) is 45.2 Å². The molecule has 1 aromatic rings. The summed E-state index contributed by atoms with van der Waals surface area (Å²) in [6.45, 7) is 12.2. The minimum atomic E-state index is 0.240. The van der Waals surface area contributed by atoms with E-state index in [1.54, 1.807) is 0 Å². The Labute approximate surface area is 107 Å². The fourth-order valence-corrected chi connectivity index (χ4v) is 1.92. The van der Waals surface area contributed by atoms with E-state index in [-0.39, 0.29) is 5.54 Å². The Morgan fingerprint density at radius 1 is 1.12 bits per heavy atom. The van der Waals surface area contributed by atoms with E-state index in [0.29, 0.717) is 0 Å². The minimum absolute atomic E-state index is 0.240. The molecule has 0 aromatic heterocycles. The lowest BCUT2D eigenvalue weighted by atomic mass is 9.97.